The highest BCUT2D eigenvalue weighted by molar-refractivity contribution is 6.14. The monoisotopic (exact) mass is 488 g/mol. The van der Waals surface area contributed by atoms with Gasteiger partial charge in [-0.25, -0.2) is 4.57 Å². The van der Waals surface area contributed by atoms with Crippen molar-refractivity contribution in [1.29, 1.82) is 5.26 Å². The topological polar surface area (TPSA) is 40.8 Å². The number of nitrogens with zero attached hydrogens (tertiary/aromatic N) is 2. The minimum atomic E-state index is -0.716. The van der Waals surface area contributed by atoms with Crippen molar-refractivity contribution in [3.8, 4) is 28.5 Å². The number of furan rings is 1. The van der Waals surface area contributed by atoms with Crippen LogP contribution in [0.2, 0.25) is 0 Å². The number of rotatable bonds is 4. The summed E-state index contributed by atoms with van der Waals surface area (Å²) in [5.74, 6) is -0.716. The van der Waals surface area contributed by atoms with E-state index in [2.05, 4.69) is 80.8 Å². The molecule has 0 amide bonds. The highest BCUT2D eigenvalue weighted by atomic mass is 16.3. The maximum Gasteiger partial charge on any atom is 0.216 e. The Morgan fingerprint density at radius 1 is 0.946 bits per heavy atom. The van der Waals surface area contributed by atoms with Crippen LogP contribution in [-0.4, -0.2) is 0 Å². The molecule has 0 aliphatic carbocycles. The van der Waals surface area contributed by atoms with Gasteiger partial charge >= 0.3 is 0 Å². The Kier molecular flexibility index (Phi) is 5.84. The average molecular weight is 489 g/mol. The first-order chi connectivity index (χ1) is 17.9. The quantitative estimate of drug-likeness (QED) is 0.238. The van der Waals surface area contributed by atoms with Crippen LogP contribution in [0.5, 0.6) is 0 Å². The van der Waals surface area contributed by atoms with E-state index in [0.29, 0.717) is 5.56 Å². The number of aryl methyl sites for hydroxylation is 2. The molecule has 0 aliphatic heterocycles. The third-order valence-corrected chi connectivity index (χ3v) is 7.10. The summed E-state index contributed by atoms with van der Waals surface area (Å²) >= 11 is 0. The molecule has 0 radical (unpaired) electrons. The predicted octanol–water partition coefficient (Wildman–Crippen LogP) is 8.64. The van der Waals surface area contributed by atoms with E-state index in [1.165, 1.54) is 5.56 Å². The Labute approximate surface area is 221 Å². The summed E-state index contributed by atoms with van der Waals surface area (Å²) in [7, 11) is 2.02. The Morgan fingerprint density at radius 3 is 2.22 bits per heavy atom. The molecule has 3 aromatic carbocycles. The zero-order valence-corrected chi connectivity index (χ0v) is 22.9. The van der Waals surface area contributed by atoms with E-state index in [-0.39, 0.29) is 5.41 Å². The van der Waals surface area contributed by atoms with Crippen molar-refractivity contribution in [3.05, 3.63) is 89.1 Å². The first-order valence-electron chi connectivity index (χ1n) is 13.4. The predicted molar refractivity (Wildman–Crippen MR) is 152 cm³/mol. The van der Waals surface area contributed by atoms with E-state index in [1.54, 1.807) is 0 Å². The second-order valence-corrected chi connectivity index (χ2v) is 11.6. The van der Waals surface area contributed by atoms with E-state index in [4.69, 9.17) is 5.79 Å². The first kappa shape index (κ1) is 23.5. The van der Waals surface area contributed by atoms with Gasteiger partial charge < -0.3 is 4.42 Å². The van der Waals surface area contributed by atoms with Crippen molar-refractivity contribution in [2.45, 2.75) is 53.9 Å². The molecule has 3 nitrogen and oxygen atoms in total. The number of nitriles is 1. The zero-order chi connectivity index (χ0) is 27.4. The van der Waals surface area contributed by atoms with Gasteiger partial charge in [-0.3, -0.25) is 0 Å². The van der Waals surface area contributed by atoms with Gasteiger partial charge in [0, 0.05) is 29.8 Å². The summed E-state index contributed by atoms with van der Waals surface area (Å²) in [6, 6.07) is 23.2. The van der Waals surface area contributed by atoms with E-state index in [9.17, 15) is 5.26 Å². The number of pyridine rings is 1. The average Bonchev–Trinajstić information content (AvgIpc) is 3.21. The van der Waals surface area contributed by atoms with Gasteiger partial charge in [0.2, 0.25) is 5.69 Å². The van der Waals surface area contributed by atoms with Crippen LogP contribution < -0.4 is 4.57 Å². The molecule has 37 heavy (non-hydrogen) atoms. The Hall–Kier alpha value is -3.90. The summed E-state index contributed by atoms with van der Waals surface area (Å²) in [5.41, 5.74) is 9.47. The molecule has 0 fully saturated rings. The summed E-state index contributed by atoms with van der Waals surface area (Å²) in [5, 5.41) is 12.0. The van der Waals surface area contributed by atoms with E-state index in [1.807, 2.05) is 45.3 Å². The Balaban J connectivity index is 1.77. The first-order valence-corrected chi connectivity index (χ1v) is 12.9. The lowest BCUT2D eigenvalue weighted by Crippen LogP contribution is -2.31. The normalized spacial score (nSPS) is 12.6. The summed E-state index contributed by atoms with van der Waals surface area (Å²) in [6.45, 7) is 12.6. The van der Waals surface area contributed by atoms with Crippen molar-refractivity contribution >= 4 is 21.9 Å². The summed E-state index contributed by atoms with van der Waals surface area (Å²) < 4.78 is 17.4. The van der Waals surface area contributed by atoms with Gasteiger partial charge in [0.15, 0.2) is 6.20 Å². The molecule has 186 valence electrons. The Bertz CT molecular complexity index is 1720. The van der Waals surface area contributed by atoms with Gasteiger partial charge in [-0.05, 0) is 59.0 Å². The fourth-order valence-corrected chi connectivity index (χ4v) is 5.23. The molecule has 2 heterocycles. The summed E-state index contributed by atoms with van der Waals surface area (Å²) in [6.07, 6.45) is 3.00. The van der Waals surface area contributed by atoms with Crippen molar-refractivity contribution < 1.29 is 10.4 Å². The maximum atomic E-state index is 10.0. The minimum Gasteiger partial charge on any atom is -0.454 e. The highest BCUT2D eigenvalue weighted by Gasteiger charge is 2.24. The van der Waals surface area contributed by atoms with Crippen LogP contribution in [0, 0.1) is 23.7 Å². The zero-order valence-electron chi connectivity index (χ0n) is 23.9. The van der Waals surface area contributed by atoms with Crippen molar-refractivity contribution in [2.24, 2.45) is 12.5 Å². The number of fused-ring (bicyclic) bond motifs is 3. The molecule has 0 N–H and O–H groups in total. The van der Waals surface area contributed by atoms with Crippen LogP contribution in [0.3, 0.4) is 0 Å². The number of hydrogen-bond donors (Lipinski definition) is 0. The molecule has 5 aromatic rings. The molecule has 5 rings (SSSR count). The smallest absolute Gasteiger partial charge is 0.216 e. The molecule has 2 aromatic heterocycles. The molecule has 0 atom stereocenters. The van der Waals surface area contributed by atoms with E-state index < -0.39 is 5.89 Å². The van der Waals surface area contributed by atoms with E-state index >= 15 is 0 Å². The second-order valence-electron chi connectivity index (χ2n) is 11.6. The maximum absolute atomic E-state index is 10.0. The van der Waals surface area contributed by atoms with Crippen molar-refractivity contribution in [1.82, 2.24) is 0 Å². The molecule has 0 bridgehead atoms. The van der Waals surface area contributed by atoms with Gasteiger partial charge in [0.1, 0.15) is 18.2 Å². The van der Waals surface area contributed by atoms with Crippen LogP contribution in [0.4, 0.5) is 0 Å². The molecular formula is C34H35N2O+. The standard InChI is InChI=1S/C34H35N2O/c1-21(2)25-16-17-36(7)29(18-25)30-22(3)8-14-27-28-15-13-26(20-35)31(33(28)37-32(27)30)24-11-9-23(10-12-24)19-34(4,5)6/h8-18,21H,19H2,1-7H3/q+1/i21D. The molecule has 0 saturated heterocycles. The molecule has 0 aliphatic rings. The number of hydrogen-bond acceptors (Lipinski definition) is 2. The van der Waals surface area contributed by atoms with Gasteiger partial charge in [-0.15, -0.1) is 0 Å². The third kappa shape index (κ3) is 4.53. The third-order valence-electron chi connectivity index (χ3n) is 7.10. The fourth-order valence-electron chi connectivity index (χ4n) is 5.23. The van der Waals surface area contributed by atoms with Gasteiger partial charge in [-0.2, -0.15) is 5.26 Å². The fraction of sp³-hybridized carbons (Fsp3) is 0.294. The summed E-state index contributed by atoms with van der Waals surface area (Å²) in [4.78, 5) is 0. The van der Waals surface area contributed by atoms with Crippen molar-refractivity contribution in [2.75, 3.05) is 0 Å². The SMILES string of the molecule is [2H]C(C)(C)c1cc[n+](C)c(-c2c(C)ccc3c2oc2c(-c4ccc(CC(C)(C)C)cc4)c(C#N)ccc23)c1. The molecule has 0 saturated carbocycles. The highest BCUT2D eigenvalue weighted by Crippen LogP contribution is 2.42. The Morgan fingerprint density at radius 2 is 1.59 bits per heavy atom. The molecule has 3 heteroatoms. The van der Waals surface area contributed by atoms with Gasteiger partial charge in [0.25, 0.3) is 0 Å². The van der Waals surface area contributed by atoms with E-state index in [0.717, 1.165) is 61.9 Å². The second kappa shape index (κ2) is 9.20. The lowest BCUT2D eigenvalue weighted by Gasteiger charge is -2.18. The lowest BCUT2D eigenvalue weighted by molar-refractivity contribution is -0.660. The van der Waals surface area contributed by atoms with Crippen LogP contribution in [0.1, 0.15) is 64.1 Å². The van der Waals surface area contributed by atoms with Crippen LogP contribution in [0.25, 0.3) is 44.3 Å². The molecular weight excluding hydrogens is 452 g/mol. The number of aromatic nitrogens is 1. The minimum absolute atomic E-state index is 0.203. The van der Waals surface area contributed by atoms with Gasteiger partial charge in [-0.1, -0.05) is 71.0 Å². The molecule has 0 spiro atoms. The largest absolute Gasteiger partial charge is 0.454 e. The van der Waals surface area contributed by atoms with Crippen LogP contribution in [0.15, 0.2) is 71.3 Å². The van der Waals surface area contributed by atoms with Crippen molar-refractivity contribution in [3.63, 3.8) is 0 Å². The lowest BCUT2D eigenvalue weighted by atomic mass is 9.87. The molecule has 0 unspecified atom stereocenters. The van der Waals surface area contributed by atoms with Gasteiger partial charge in [0.05, 0.1) is 17.2 Å². The number of benzene rings is 3. The van der Waals surface area contributed by atoms with Crippen LogP contribution >= 0.6 is 0 Å². The van der Waals surface area contributed by atoms with Crippen LogP contribution in [-0.2, 0) is 13.5 Å².